The van der Waals surface area contributed by atoms with Crippen LogP contribution in [0.5, 0.6) is 0 Å². The van der Waals surface area contributed by atoms with E-state index in [1.807, 2.05) is 0 Å². The first-order valence-corrected chi connectivity index (χ1v) is 7.17. The molecule has 0 aromatic rings. The largest absolute Gasteiger partial charge is 0.314 e. The first-order chi connectivity index (χ1) is 7.70. The van der Waals surface area contributed by atoms with Crippen molar-refractivity contribution in [1.82, 2.24) is 10.2 Å². The van der Waals surface area contributed by atoms with Gasteiger partial charge in [-0.25, -0.2) is 0 Å². The zero-order valence-corrected chi connectivity index (χ0v) is 11.5. The van der Waals surface area contributed by atoms with Gasteiger partial charge in [0.15, 0.2) is 0 Å². The average Bonchev–Trinajstić information content (AvgIpc) is 2.15. The molecular formula is C14H30N2. The van der Waals surface area contributed by atoms with E-state index < -0.39 is 0 Å². The summed E-state index contributed by atoms with van der Waals surface area (Å²) in [7, 11) is 0. The molecule has 0 radical (unpaired) electrons. The molecule has 1 heterocycles. The van der Waals surface area contributed by atoms with E-state index in [1.54, 1.807) is 0 Å². The number of likely N-dealkylation sites (tertiary alicyclic amines) is 1. The zero-order valence-electron chi connectivity index (χ0n) is 11.5. The van der Waals surface area contributed by atoms with E-state index in [0.717, 1.165) is 12.6 Å². The van der Waals surface area contributed by atoms with Gasteiger partial charge in [0, 0.05) is 12.1 Å². The van der Waals surface area contributed by atoms with Gasteiger partial charge in [-0.2, -0.15) is 0 Å². The van der Waals surface area contributed by atoms with Gasteiger partial charge in [0.25, 0.3) is 0 Å². The van der Waals surface area contributed by atoms with Crippen LogP contribution in [0.25, 0.3) is 0 Å². The lowest BCUT2D eigenvalue weighted by Crippen LogP contribution is -2.38. The summed E-state index contributed by atoms with van der Waals surface area (Å²) >= 11 is 0. The van der Waals surface area contributed by atoms with Gasteiger partial charge in [-0.15, -0.1) is 0 Å². The Morgan fingerprint density at radius 1 is 0.938 bits per heavy atom. The predicted molar refractivity (Wildman–Crippen MR) is 71.9 cm³/mol. The van der Waals surface area contributed by atoms with Crippen molar-refractivity contribution in [3.05, 3.63) is 0 Å². The summed E-state index contributed by atoms with van der Waals surface area (Å²) < 4.78 is 0. The Morgan fingerprint density at radius 3 is 2.06 bits per heavy atom. The Morgan fingerprint density at radius 2 is 1.50 bits per heavy atom. The van der Waals surface area contributed by atoms with Crippen LogP contribution in [0.15, 0.2) is 0 Å². The van der Waals surface area contributed by atoms with Crippen molar-refractivity contribution in [2.24, 2.45) is 0 Å². The molecule has 0 aromatic heterocycles. The Balaban J connectivity index is 2.19. The van der Waals surface area contributed by atoms with Gasteiger partial charge in [-0.05, 0) is 45.8 Å². The standard InChI is InChI=1S/C14H30N2/c1-13(2)15-10-9-14(3)16-11-7-5-4-6-8-12-16/h13-15H,4-12H2,1-3H3. The third-order valence-corrected chi connectivity index (χ3v) is 3.63. The van der Waals surface area contributed by atoms with E-state index in [2.05, 4.69) is 31.0 Å². The first kappa shape index (κ1) is 14.0. The summed E-state index contributed by atoms with van der Waals surface area (Å²) in [6, 6.07) is 1.38. The lowest BCUT2D eigenvalue weighted by molar-refractivity contribution is 0.181. The SMILES string of the molecule is CC(C)NCCC(C)N1CCCCCCC1. The molecule has 16 heavy (non-hydrogen) atoms. The van der Waals surface area contributed by atoms with E-state index >= 15 is 0 Å². The summed E-state index contributed by atoms with van der Waals surface area (Å²) in [5, 5.41) is 3.52. The number of hydrogen-bond donors (Lipinski definition) is 1. The third-order valence-electron chi connectivity index (χ3n) is 3.63. The molecule has 2 heteroatoms. The molecule has 0 spiro atoms. The van der Waals surface area contributed by atoms with Crippen LogP contribution in [-0.4, -0.2) is 36.6 Å². The molecule has 0 amide bonds. The molecule has 0 saturated carbocycles. The molecule has 0 bridgehead atoms. The summed E-state index contributed by atoms with van der Waals surface area (Å²) in [5.41, 5.74) is 0. The highest BCUT2D eigenvalue weighted by Gasteiger charge is 2.14. The quantitative estimate of drug-likeness (QED) is 0.775. The van der Waals surface area contributed by atoms with E-state index in [4.69, 9.17) is 0 Å². The predicted octanol–water partition coefficient (Wildman–Crippen LogP) is 3.03. The smallest absolute Gasteiger partial charge is 0.00790 e. The number of nitrogens with zero attached hydrogens (tertiary/aromatic N) is 1. The Labute approximate surface area is 102 Å². The molecule has 1 fully saturated rings. The van der Waals surface area contributed by atoms with Gasteiger partial charge in [0.2, 0.25) is 0 Å². The van der Waals surface area contributed by atoms with Crippen LogP contribution in [0.2, 0.25) is 0 Å². The highest BCUT2D eigenvalue weighted by atomic mass is 15.1. The second-order valence-corrected chi connectivity index (χ2v) is 5.55. The van der Waals surface area contributed by atoms with Crippen LogP contribution in [0.4, 0.5) is 0 Å². The molecular weight excluding hydrogens is 196 g/mol. The molecule has 96 valence electrons. The van der Waals surface area contributed by atoms with Gasteiger partial charge in [0.1, 0.15) is 0 Å². The maximum atomic E-state index is 3.52. The normalized spacial score (nSPS) is 21.8. The molecule has 1 aliphatic rings. The van der Waals surface area contributed by atoms with E-state index in [-0.39, 0.29) is 0 Å². The van der Waals surface area contributed by atoms with Crippen molar-refractivity contribution in [3.63, 3.8) is 0 Å². The Bertz CT molecular complexity index is 160. The molecule has 1 aliphatic heterocycles. The van der Waals surface area contributed by atoms with Gasteiger partial charge in [0.05, 0.1) is 0 Å². The summed E-state index contributed by atoms with van der Waals surface area (Å²) in [6.45, 7) is 10.6. The highest BCUT2D eigenvalue weighted by Crippen LogP contribution is 2.14. The van der Waals surface area contributed by atoms with Crippen molar-refractivity contribution in [3.8, 4) is 0 Å². The number of nitrogens with one attached hydrogen (secondary N) is 1. The molecule has 1 atom stereocenters. The van der Waals surface area contributed by atoms with Gasteiger partial charge in [-0.3, -0.25) is 0 Å². The second kappa shape index (κ2) is 8.08. The number of rotatable bonds is 5. The Kier molecular flexibility index (Phi) is 7.06. The van der Waals surface area contributed by atoms with Crippen LogP contribution in [0, 0.1) is 0 Å². The lowest BCUT2D eigenvalue weighted by atomic mass is 10.1. The van der Waals surface area contributed by atoms with Crippen molar-refractivity contribution in [2.45, 2.75) is 71.4 Å². The molecule has 2 nitrogen and oxygen atoms in total. The fraction of sp³-hybridized carbons (Fsp3) is 1.00. The van der Waals surface area contributed by atoms with Crippen LogP contribution in [0.3, 0.4) is 0 Å². The minimum absolute atomic E-state index is 0.625. The second-order valence-electron chi connectivity index (χ2n) is 5.55. The van der Waals surface area contributed by atoms with Crippen LogP contribution in [0.1, 0.15) is 59.3 Å². The monoisotopic (exact) mass is 226 g/mol. The molecule has 1 N–H and O–H groups in total. The minimum Gasteiger partial charge on any atom is -0.314 e. The summed E-state index contributed by atoms with van der Waals surface area (Å²) in [6.07, 6.45) is 8.43. The Hall–Kier alpha value is -0.0800. The number of hydrogen-bond acceptors (Lipinski definition) is 2. The first-order valence-electron chi connectivity index (χ1n) is 7.17. The minimum atomic E-state index is 0.625. The third kappa shape index (κ3) is 5.86. The zero-order chi connectivity index (χ0) is 11.8. The van der Waals surface area contributed by atoms with Crippen molar-refractivity contribution in [1.29, 1.82) is 0 Å². The van der Waals surface area contributed by atoms with Gasteiger partial charge in [-0.1, -0.05) is 33.1 Å². The fourth-order valence-electron chi connectivity index (χ4n) is 2.48. The van der Waals surface area contributed by atoms with Gasteiger partial charge < -0.3 is 10.2 Å². The van der Waals surface area contributed by atoms with E-state index in [0.29, 0.717) is 6.04 Å². The van der Waals surface area contributed by atoms with Crippen LogP contribution in [-0.2, 0) is 0 Å². The van der Waals surface area contributed by atoms with Crippen LogP contribution >= 0.6 is 0 Å². The molecule has 0 aliphatic carbocycles. The highest BCUT2D eigenvalue weighted by molar-refractivity contribution is 4.71. The topological polar surface area (TPSA) is 15.3 Å². The lowest BCUT2D eigenvalue weighted by Gasteiger charge is -2.31. The maximum Gasteiger partial charge on any atom is 0.00790 e. The average molecular weight is 226 g/mol. The molecule has 0 aromatic carbocycles. The van der Waals surface area contributed by atoms with Gasteiger partial charge >= 0.3 is 0 Å². The van der Waals surface area contributed by atoms with Crippen molar-refractivity contribution >= 4 is 0 Å². The molecule has 1 unspecified atom stereocenters. The van der Waals surface area contributed by atoms with E-state index in [9.17, 15) is 0 Å². The fourth-order valence-corrected chi connectivity index (χ4v) is 2.48. The van der Waals surface area contributed by atoms with Crippen LogP contribution < -0.4 is 5.32 Å². The van der Waals surface area contributed by atoms with E-state index in [1.165, 1.54) is 51.6 Å². The maximum absolute atomic E-state index is 3.52. The molecule has 1 saturated heterocycles. The molecule has 1 rings (SSSR count). The summed E-state index contributed by atoms with van der Waals surface area (Å²) in [4.78, 5) is 2.70. The summed E-state index contributed by atoms with van der Waals surface area (Å²) in [5.74, 6) is 0. The van der Waals surface area contributed by atoms with Crippen molar-refractivity contribution in [2.75, 3.05) is 19.6 Å². The van der Waals surface area contributed by atoms with Crippen molar-refractivity contribution < 1.29 is 0 Å².